The van der Waals surface area contributed by atoms with Crippen molar-refractivity contribution in [3.8, 4) is 0 Å². The molecule has 0 radical (unpaired) electrons. The zero-order valence-corrected chi connectivity index (χ0v) is 14.6. The van der Waals surface area contributed by atoms with Gasteiger partial charge in [-0.25, -0.2) is 0 Å². The summed E-state index contributed by atoms with van der Waals surface area (Å²) in [5.74, 6) is -0.228. The molecule has 2 aliphatic heterocycles. The first kappa shape index (κ1) is 16.0. The van der Waals surface area contributed by atoms with Gasteiger partial charge in [-0.2, -0.15) is 0 Å². The van der Waals surface area contributed by atoms with E-state index in [0.29, 0.717) is 22.0 Å². The molecule has 0 unspecified atom stereocenters. The van der Waals surface area contributed by atoms with Crippen molar-refractivity contribution in [2.75, 3.05) is 22.1 Å². The number of anilines is 3. The molecule has 5 nitrogen and oxygen atoms in total. The Balaban J connectivity index is 1.59. The van der Waals surface area contributed by atoms with Gasteiger partial charge >= 0.3 is 0 Å². The lowest BCUT2D eigenvalue weighted by Crippen LogP contribution is -2.43. The predicted molar refractivity (Wildman–Crippen MR) is 99.6 cm³/mol. The van der Waals surface area contributed by atoms with Gasteiger partial charge in [0.2, 0.25) is 5.91 Å². The maximum Gasteiger partial charge on any atom is 0.255 e. The van der Waals surface area contributed by atoms with Gasteiger partial charge < -0.3 is 15.5 Å². The van der Waals surface area contributed by atoms with E-state index in [-0.39, 0.29) is 17.9 Å². The van der Waals surface area contributed by atoms with Gasteiger partial charge in [-0.15, -0.1) is 0 Å². The normalized spacial score (nSPS) is 18.4. The summed E-state index contributed by atoms with van der Waals surface area (Å²) in [5.41, 5.74) is 3.77. The van der Waals surface area contributed by atoms with Gasteiger partial charge in [-0.05, 0) is 55.7 Å². The minimum atomic E-state index is -0.236. The highest BCUT2D eigenvalue weighted by molar-refractivity contribution is 6.31. The minimum Gasteiger partial charge on any atom is -0.358 e. The number of fused-ring (bicyclic) bond motifs is 3. The molecule has 2 aromatic rings. The first-order chi connectivity index (χ1) is 12.0. The Hall–Kier alpha value is -2.53. The number of hydrogen-bond donors (Lipinski definition) is 2. The number of carbonyl (C=O) groups is 2. The number of rotatable bonds is 2. The van der Waals surface area contributed by atoms with Crippen LogP contribution < -0.4 is 15.5 Å². The van der Waals surface area contributed by atoms with Crippen LogP contribution in [0.1, 0.15) is 28.8 Å². The van der Waals surface area contributed by atoms with E-state index >= 15 is 0 Å². The molecular weight excluding hydrogens is 338 g/mol. The molecule has 1 atom stereocenters. The molecule has 0 saturated carbocycles. The van der Waals surface area contributed by atoms with Gasteiger partial charge in [0.15, 0.2) is 0 Å². The number of halogens is 1. The summed E-state index contributed by atoms with van der Waals surface area (Å²) in [6, 6.07) is 10.7. The van der Waals surface area contributed by atoms with Crippen molar-refractivity contribution in [2.45, 2.75) is 25.8 Å². The Morgan fingerprint density at radius 3 is 2.92 bits per heavy atom. The summed E-state index contributed by atoms with van der Waals surface area (Å²) in [5, 5.41) is 6.37. The predicted octanol–water partition coefficient (Wildman–Crippen LogP) is 3.82. The number of hydrogen-bond acceptors (Lipinski definition) is 3. The summed E-state index contributed by atoms with van der Waals surface area (Å²) >= 11 is 6.10. The monoisotopic (exact) mass is 355 g/mol. The Labute approximate surface area is 151 Å². The molecule has 2 aromatic carbocycles. The minimum absolute atomic E-state index is 0.00729. The topological polar surface area (TPSA) is 61.4 Å². The summed E-state index contributed by atoms with van der Waals surface area (Å²) in [6.07, 6.45) is 1.88. The smallest absolute Gasteiger partial charge is 0.255 e. The van der Waals surface area contributed by atoms with Gasteiger partial charge in [0.1, 0.15) is 6.04 Å². The van der Waals surface area contributed by atoms with Crippen LogP contribution in [-0.4, -0.2) is 24.4 Å². The van der Waals surface area contributed by atoms with E-state index in [1.54, 1.807) is 18.2 Å². The molecule has 1 fully saturated rings. The van der Waals surface area contributed by atoms with Crippen molar-refractivity contribution in [3.05, 3.63) is 52.5 Å². The van der Waals surface area contributed by atoms with Crippen molar-refractivity contribution in [1.82, 2.24) is 0 Å². The lowest BCUT2D eigenvalue weighted by Gasteiger charge is -2.33. The van der Waals surface area contributed by atoms with E-state index in [2.05, 4.69) is 15.5 Å². The van der Waals surface area contributed by atoms with Crippen molar-refractivity contribution in [3.63, 3.8) is 0 Å². The fourth-order valence-corrected chi connectivity index (χ4v) is 3.63. The second-order valence-corrected chi connectivity index (χ2v) is 6.90. The molecule has 2 amide bonds. The maximum atomic E-state index is 12.5. The van der Waals surface area contributed by atoms with Crippen LogP contribution >= 0.6 is 11.6 Å². The Morgan fingerprint density at radius 2 is 2.12 bits per heavy atom. The number of amides is 2. The SMILES string of the molecule is Cc1ccc(NC(=O)c2ccc3c(c2)NC(=O)[C@H]2CCCN32)cc1Cl. The highest BCUT2D eigenvalue weighted by Crippen LogP contribution is 2.37. The zero-order chi connectivity index (χ0) is 17.6. The molecule has 2 aliphatic rings. The first-order valence-corrected chi connectivity index (χ1v) is 8.70. The Kier molecular flexibility index (Phi) is 3.88. The average molecular weight is 356 g/mol. The van der Waals surface area contributed by atoms with E-state index in [9.17, 15) is 9.59 Å². The lowest BCUT2D eigenvalue weighted by atomic mass is 10.1. The quantitative estimate of drug-likeness (QED) is 0.860. The maximum absolute atomic E-state index is 12.5. The standard InChI is InChI=1S/C19H18ClN3O2/c1-11-4-6-13(10-14(11)20)21-18(24)12-5-7-16-15(9-12)22-19(25)17-3-2-8-23(16)17/h4-7,9-10,17H,2-3,8H2,1H3,(H,21,24)(H,22,25)/t17-/m1/s1. The van der Waals surface area contributed by atoms with Crippen LogP contribution in [0.5, 0.6) is 0 Å². The van der Waals surface area contributed by atoms with Gasteiger partial charge in [0.05, 0.1) is 11.4 Å². The van der Waals surface area contributed by atoms with E-state index in [1.165, 1.54) is 0 Å². The molecule has 4 rings (SSSR count). The molecule has 2 heterocycles. The van der Waals surface area contributed by atoms with Crippen molar-refractivity contribution in [2.24, 2.45) is 0 Å². The van der Waals surface area contributed by atoms with Crippen molar-refractivity contribution >= 4 is 40.5 Å². The van der Waals surface area contributed by atoms with E-state index in [0.717, 1.165) is 30.6 Å². The van der Waals surface area contributed by atoms with Gasteiger partial charge in [-0.1, -0.05) is 17.7 Å². The molecular formula is C19H18ClN3O2. The van der Waals surface area contributed by atoms with E-state index < -0.39 is 0 Å². The van der Waals surface area contributed by atoms with Crippen LogP contribution in [0.4, 0.5) is 17.1 Å². The number of aryl methyl sites for hydroxylation is 1. The van der Waals surface area contributed by atoms with Gasteiger partial charge in [-0.3, -0.25) is 9.59 Å². The fraction of sp³-hybridized carbons (Fsp3) is 0.263. The molecule has 2 N–H and O–H groups in total. The number of benzene rings is 2. The van der Waals surface area contributed by atoms with E-state index in [1.807, 2.05) is 25.1 Å². The van der Waals surface area contributed by atoms with Crippen LogP contribution in [0.15, 0.2) is 36.4 Å². The van der Waals surface area contributed by atoms with Crippen molar-refractivity contribution < 1.29 is 9.59 Å². The third-order valence-corrected chi connectivity index (χ3v) is 5.22. The zero-order valence-electron chi connectivity index (χ0n) is 13.8. The second-order valence-electron chi connectivity index (χ2n) is 6.49. The van der Waals surface area contributed by atoms with Crippen LogP contribution in [0.25, 0.3) is 0 Å². The molecule has 0 bridgehead atoms. The number of nitrogens with zero attached hydrogens (tertiary/aromatic N) is 1. The average Bonchev–Trinajstić information content (AvgIpc) is 3.08. The summed E-state index contributed by atoms with van der Waals surface area (Å²) in [7, 11) is 0. The van der Waals surface area contributed by atoms with Crippen LogP contribution in [0.2, 0.25) is 5.02 Å². The Morgan fingerprint density at radius 1 is 1.28 bits per heavy atom. The number of nitrogens with one attached hydrogen (secondary N) is 2. The molecule has 128 valence electrons. The molecule has 6 heteroatoms. The third kappa shape index (κ3) is 2.85. The summed E-state index contributed by atoms with van der Waals surface area (Å²) < 4.78 is 0. The highest BCUT2D eigenvalue weighted by Gasteiger charge is 2.36. The largest absolute Gasteiger partial charge is 0.358 e. The van der Waals surface area contributed by atoms with Crippen LogP contribution in [0.3, 0.4) is 0 Å². The molecule has 0 spiro atoms. The van der Waals surface area contributed by atoms with Crippen LogP contribution in [0, 0.1) is 6.92 Å². The van der Waals surface area contributed by atoms with Crippen molar-refractivity contribution in [1.29, 1.82) is 0 Å². The molecule has 1 saturated heterocycles. The number of carbonyl (C=O) groups excluding carboxylic acids is 2. The lowest BCUT2D eigenvalue weighted by molar-refractivity contribution is -0.117. The first-order valence-electron chi connectivity index (χ1n) is 8.32. The van der Waals surface area contributed by atoms with Gasteiger partial charge in [0, 0.05) is 22.8 Å². The fourth-order valence-electron chi connectivity index (χ4n) is 3.45. The van der Waals surface area contributed by atoms with Gasteiger partial charge in [0.25, 0.3) is 5.91 Å². The summed E-state index contributed by atoms with van der Waals surface area (Å²) in [4.78, 5) is 26.9. The highest BCUT2D eigenvalue weighted by atomic mass is 35.5. The molecule has 0 aliphatic carbocycles. The molecule has 0 aromatic heterocycles. The third-order valence-electron chi connectivity index (χ3n) is 4.81. The second kappa shape index (κ2) is 6.08. The van der Waals surface area contributed by atoms with E-state index in [4.69, 9.17) is 11.6 Å². The summed E-state index contributed by atoms with van der Waals surface area (Å²) in [6.45, 7) is 2.78. The van der Waals surface area contributed by atoms with Crippen LogP contribution in [-0.2, 0) is 4.79 Å². The Bertz CT molecular complexity index is 881. The molecule has 25 heavy (non-hydrogen) atoms.